The van der Waals surface area contributed by atoms with Crippen LogP contribution in [0.2, 0.25) is 0 Å². The molecule has 21 heavy (non-hydrogen) atoms. The maximum absolute atomic E-state index is 12.5. The van der Waals surface area contributed by atoms with Gasteiger partial charge in [-0.3, -0.25) is 9.59 Å². The molecule has 2 aliphatic heterocycles. The molecule has 1 atom stereocenters. The van der Waals surface area contributed by atoms with Gasteiger partial charge >= 0.3 is 0 Å². The summed E-state index contributed by atoms with van der Waals surface area (Å²) in [7, 11) is 0. The van der Waals surface area contributed by atoms with Gasteiger partial charge in [-0.05, 0) is 38.0 Å². The van der Waals surface area contributed by atoms with Gasteiger partial charge in [0.15, 0.2) is 0 Å². The van der Waals surface area contributed by atoms with Crippen LogP contribution in [0, 0.1) is 5.92 Å². The van der Waals surface area contributed by atoms with Gasteiger partial charge in [0.2, 0.25) is 11.8 Å². The zero-order valence-electron chi connectivity index (χ0n) is 13.5. The minimum atomic E-state index is 0.172. The van der Waals surface area contributed by atoms with Crippen LogP contribution < -0.4 is 0 Å². The minimum Gasteiger partial charge on any atom is -0.343 e. The normalized spacial score (nSPS) is 24.9. The van der Waals surface area contributed by atoms with Gasteiger partial charge in [-0.25, -0.2) is 0 Å². The van der Waals surface area contributed by atoms with Crippen LogP contribution in [0.15, 0.2) is 0 Å². The van der Waals surface area contributed by atoms with Crippen LogP contribution in [0.1, 0.15) is 64.7 Å². The monoisotopic (exact) mass is 294 g/mol. The van der Waals surface area contributed by atoms with E-state index in [2.05, 4.69) is 4.90 Å². The predicted octanol–water partition coefficient (Wildman–Crippen LogP) is 2.82. The number of hydrogen-bond acceptors (Lipinski definition) is 2. The van der Waals surface area contributed by atoms with Crippen LogP contribution >= 0.6 is 0 Å². The van der Waals surface area contributed by atoms with Gasteiger partial charge in [-0.2, -0.15) is 0 Å². The number of hydrogen-bond donors (Lipinski definition) is 0. The second-order valence-corrected chi connectivity index (χ2v) is 6.66. The van der Waals surface area contributed by atoms with Crippen molar-refractivity contribution >= 4 is 11.8 Å². The van der Waals surface area contributed by atoms with Crippen molar-refractivity contribution < 1.29 is 9.59 Å². The lowest BCUT2D eigenvalue weighted by Crippen LogP contribution is -2.35. The first-order valence-corrected chi connectivity index (χ1v) is 8.70. The van der Waals surface area contributed by atoms with Crippen molar-refractivity contribution in [2.24, 2.45) is 5.92 Å². The second kappa shape index (κ2) is 8.40. The maximum atomic E-state index is 12.5. The Bertz CT molecular complexity index is 349. The van der Waals surface area contributed by atoms with E-state index in [4.69, 9.17) is 0 Å². The number of likely N-dealkylation sites (tertiary alicyclic amines) is 2. The summed E-state index contributed by atoms with van der Waals surface area (Å²) in [6.07, 6.45) is 9.97. The molecule has 2 fully saturated rings. The Kier molecular flexibility index (Phi) is 6.52. The zero-order chi connectivity index (χ0) is 15.1. The van der Waals surface area contributed by atoms with Crippen molar-refractivity contribution in [2.75, 3.05) is 26.2 Å². The molecular formula is C17H30N2O2. The largest absolute Gasteiger partial charge is 0.343 e. The third-order valence-electron chi connectivity index (χ3n) is 4.97. The first-order valence-electron chi connectivity index (χ1n) is 8.70. The van der Waals surface area contributed by atoms with E-state index in [-0.39, 0.29) is 5.91 Å². The van der Waals surface area contributed by atoms with E-state index in [1.165, 1.54) is 19.3 Å². The second-order valence-electron chi connectivity index (χ2n) is 6.66. The van der Waals surface area contributed by atoms with Crippen molar-refractivity contribution in [3.63, 3.8) is 0 Å². The number of amides is 2. The van der Waals surface area contributed by atoms with Crippen LogP contribution in [0.3, 0.4) is 0 Å². The smallest absolute Gasteiger partial charge is 0.222 e. The van der Waals surface area contributed by atoms with Gasteiger partial charge in [0.25, 0.3) is 0 Å². The summed E-state index contributed by atoms with van der Waals surface area (Å²) in [5.74, 6) is 0.983. The first-order chi connectivity index (χ1) is 10.2. The number of carbonyl (C=O) groups is 2. The predicted molar refractivity (Wildman–Crippen MR) is 83.9 cm³/mol. The molecule has 0 bridgehead atoms. The Morgan fingerprint density at radius 1 is 0.810 bits per heavy atom. The lowest BCUT2D eigenvalue weighted by atomic mass is 9.96. The molecule has 0 N–H and O–H groups in total. The molecule has 0 aromatic rings. The summed E-state index contributed by atoms with van der Waals surface area (Å²) >= 11 is 0. The van der Waals surface area contributed by atoms with Gasteiger partial charge < -0.3 is 9.80 Å². The van der Waals surface area contributed by atoms with Gasteiger partial charge in [0.1, 0.15) is 0 Å². The van der Waals surface area contributed by atoms with Gasteiger partial charge in [-0.1, -0.05) is 19.3 Å². The van der Waals surface area contributed by atoms with Crippen LogP contribution in [0.25, 0.3) is 0 Å². The molecule has 120 valence electrons. The van der Waals surface area contributed by atoms with Crippen LogP contribution in [-0.2, 0) is 9.59 Å². The van der Waals surface area contributed by atoms with Gasteiger partial charge in [0.05, 0.1) is 0 Å². The third kappa shape index (κ3) is 5.33. The van der Waals surface area contributed by atoms with E-state index in [1.807, 2.05) is 4.90 Å². The minimum absolute atomic E-state index is 0.172. The molecule has 0 aromatic heterocycles. The van der Waals surface area contributed by atoms with E-state index >= 15 is 0 Å². The molecule has 0 spiro atoms. The molecule has 2 saturated heterocycles. The topological polar surface area (TPSA) is 40.6 Å². The van der Waals surface area contributed by atoms with Crippen molar-refractivity contribution in [3.8, 4) is 0 Å². The van der Waals surface area contributed by atoms with Crippen molar-refractivity contribution in [3.05, 3.63) is 0 Å². The van der Waals surface area contributed by atoms with Crippen LogP contribution in [0.5, 0.6) is 0 Å². The SMILES string of the molecule is CC(=O)N1CCCC(CC(=O)N2CCCCCCC2)CC1. The third-order valence-corrected chi connectivity index (χ3v) is 4.97. The molecule has 2 amide bonds. The van der Waals surface area contributed by atoms with E-state index in [1.54, 1.807) is 6.92 Å². The molecule has 2 rings (SSSR count). The highest BCUT2D eigenvalue weighted by molar-refractivity contribution is 5.76. The highest BCUT2D eigenvalue weighted by atomic mass is 16.2. The van der Waals surface area contributed by atoms with E-state index in [9.17, 15) is 9.59 Å². The summed E-state index contributed by atoms with van der Waals surface area (Å²) < 4.78 is 0. The van der Waals surface area contributed by atoms with Crippen molar-refractivity contribution in [1.29, 1.82) is 0 Å². The highest BCUT2D eigenvalue weighted by Crippen LogP contribution is 2.22. The Hall–Kier alpha value is -1.06. The Balaban J connectivity index is 1.79. The van der Waals surface area contributed by atoms with E-state index < -0.39 is 0 Å². The molecule has 2 aliphatic rings. The van der Waals surface area contributed by atoms with Crippen molar-refractivity contribution in [2.45, 2.75) is 64.7 Å². The van der Waals surface area contributed by atoms with Crippen LogP contribution in [0.4, 0.5) is 0 Å². The lowest BCUT2D eigenvalue weighted by molar-refractivity contribution is -0.132. The number of carbonyl (C=O) groups excluding carboxylic acids is 2. The van der Waals surface area contributed by atoms with E-state index in [0.717, 1.165) is 58.3 Å². The molecule has 4 nitrogen and oxygen atoms in total. The summed E-state index contributed by atoms with van der Waals surface area (Å²) in [5, 5.41) is 0. The first kappa shape index (κ1) is 16.3. The molecule has 0 radical (unpaired) electrons. The molecule has 1 unspecified atom stereocenters. The molecule has 2 heterocycles. The Morgan fingerprint density at radius 3 is 2.10 bits per heavy atom. The lowest BCUT2D eigenvalue weighted by Gasteiger charge is -2.26. The van der Waals surface area contributed by atoms with E-state index in [0.29, 0.717) is 18.2 Å². The van der Waals surface area contributed by atoms with Gasteiger partial charge in [-0.15, -0.1) is 0 Å². The van der Waals surface area contributed by atoms with Crippen LogP contribution in [-0.4, -0.2) is 47.8 Å². The molecular weight excluding hydrogens is 264 g/mol. The Labute approximate surface area is 128 Å². The number of nitrogens with zero attached hydrogens (tertiary/aromatic N) is 2. The highest BCUT2D eigenvalue weighted by Gasteiger charge is 2.23. The Morgan fingerprint density at radius 2 is 1.43 bits per heavy atom. The summed E-state index contributed by atoms with van der Waals surface area (Å²) in [6.45, 7) is 5.24. The fourth-order valence-corrected chi connectivity index (χ4v) is 3.56. The van der Waals surface area contributed by atoms with Gasteiger partial charge in [0, 0.05) is 39.5 Å². The maximum Gasteiger partial charge on any atom is 0.222 e. The quantitative estimate of drug-likeness (QED) is 0.786. The number of rotatable bonds is 2. The zero-order valence-corrected chi connectivity index (χ0v) is 13.5. The molecule has 0 aromatic carbocycles. The molecule has 0 aliphatic carbocycles. The average molecular weight is 294 g/mol. The summed E-state index contributed by atoms with van der Waals surface area (Å²) in [4.78, 5) is 28.0. The standard InChI is InChI=1S/C17H30N2O2/c1-15(20)18-12-7-8-16(9-13-18)14-17(21)19-10-5-3-2-4-6-11-19/h16H,2-14H2,1H3. The fourth-order valence-electron chi connectivity index (χ4n) is 3.56. The summed E-state index contributed by atoms with van der Waals surface area (Å²) in [5.41, 5.74) is 0. The fraction of sp³-hybridized carbons (Fsp3) is 0.882. The average Bonchev–Trinajstić information content (AvgIpc) is 2.63. The molecule has 0 saturated carbocycles. The molecule has 4 heteroatoms. The van der Waals surface area contributed by atoms with Crippen molar-refractivity contribution in [1.82, 2.24) is 9.80 Å². The summed E-state index contributed by atoms with van der Waals surface area (Å²) in [6, 6.07) is 0.